The number of hydrazone groups is 1. The average Bonchev–Trinajstić information content (AvgIpc) is 2.76. The third-order valence-corrected chi connectivity index (χ3v) is 4.11. The van der Waals surface area contributed by atoms with Crippen LogP contribution >= 0.6 is 0 Å². The van der Waals surface area contributed by atoms with Gasteiger partial charge in [0.05, 0.1) is 11.1 Å². The molecule has 10 nitrogen and oxygen atoms in total. The highest BCUT2D eigenvalue weighted by Gasteiger charge is 2.06. The Labute approximate surface area is 184 Å². The third-order valence-electron chi connectivity index (χ3n) is 4.11. The molecule has 0 saturated heterocycles. The molecule has 0 spiro atoms. The van der Waals surface area contributed by atoms with E-state index in [9.17, 15) is 14.9 Å². The van der Waals surface area contributed by atoms with Gasteiger partial charge in [0.15, 0.2) is 6.61 Å². The highest BCUT2D eigenvalue weighted by atomic mass is 16.6. The number of aryl methyl sites for hydroxylation is 2. The van der Waals surface area contributed by atoms with Crippen molar-refractivity contribution in [2.75, 3.05) is 6.61 Å². The molecule has 164 valence electrons. The van der Waals surface area contributed by atoms with Crippen LogP contribution < -0.4 is 14.9 Å². The highest BCUT2D eigenvalue weighted by Crippen LogP contribution is 2.16. The molecule has 32 heavy (non-hydrogen) atoms. The molecule has 3 aromatic rings. The second kappa shape index (κ2) is 10.6. The lowest BCUT2D eigenvalue weighted by molar-refractivity contribution is -0.384. The standard InChI is InChI=1S/C22H21N5O5/c1-15-10-16(2)25-22(24-15)32-14-21(28)26-23-12-18-4-3-5-20(11-18)31-13-17-6-8-19(9-7-17)27(29)30/h3-12H,13-14H2,1-2H3,(H,26,28). The van der Waals surface area contributed by atoms with Gasteiger partial charge in [-0.3, -0.25) is 14.9 Å². The quantitative estimate of drug-likeness (QED) is 0.311. The van der Waals surface area contributed by atoms with Crippen LogP contribution in [0.25, 0.3) is 0 Å². The molecule has 0 saturated carbocycles. The fourth-order valence-corrected chi connectivity index (χ4v) is 2.66. The highest BCUT2D eigenvalue weighted by molar-refractivity contribution is 5.83. The van der Waals surface area contributed by atoms with Crippen LogP contribution in [-0.4, -0.2) is 33.6 Å². The van der Waals surface area contributed by atoms with E-state index in [0.717, 1.165) is 17.0 Å². The van der Waals surface area contributed by atoms with E-state index in [1.165, 1.54) is 18.3 Å². The first-order valence-electron chi connectivity index (χ1n) is 9.62. The first kappa shape index (κ1) is 22.3. The molecule has 0 bridgehead atoms. The molecule has 1 aromatic heterocycles. The maximum Gasteiger partial charge on any atom is 0.317 e. The summed E-state index contributed by atoms with van der Waals surface area (Å²) in [6.07, 6.45) is 1.48. The van der Waals surface area contributed by atoms with Crippen molar-refractivity contribution in [2.24, 2.45) is 5.10 Å². The molecule has 0 unspecified atom stereocenters. The van der Waals surface area contributed by atoms with Gasteiger partial charge in [0, 0.05) is 23.5 Å². The molecule has 0 radical (unpaired) electrons. The predicted octanol–water partition coefficient (Wildman–Crippen LogP) is 3.11. The molecule has 0 aliphatic heterocycles. The van der Waals surface area contributed by atoms with Crippen molar-refractivity contribution in [1.29, 1.82) is 0 Å². The molecule has 1 heterocycles. The minimum atomic E-state index is -0.449. The third kappa shape index (κ3) is 6.87. The van der Waals surface area contributed by atoms with Crippen molar-refractivity contribution in [2.45, 2.75) is 20.5 Å². The lowest BCUT2D eigenvalue weighted by Crippen LogP contribution is -2.25. The first-order valence-corrected chi connectivity index (χ1v) is 9.62. The normalized spacial score (nSPS) is 10.7. The minimum absolute atomic E-state index is 0.0286. The van der Waals surface area contributed by atoms with Gasteiger partial charge < -0.3 is 9.47 Å². The number of aromatic nitrogens is 2. The topological polar surface area (TPSA) is 129 Å². The summed E-state index contributed by atoms with van der Waals surface area (Å²) in [7, 11) is 0. The van der Waals surface area contributed by atoms with E-state index < -0.39 is 10.8 Å². The summed E-state index contributed by atoms with van der Waals surface area (Å²) in [5.41, 5.74) is 5.42. The number of hydrogen-bond acceptors (Lipinski definition) is 8. The van der Waals surface area contributed by atoms with Crippen LogP contribution in [-0.2, 0) is 11.4 Å². The molecule has 0 fully saturated rings. The molecule has 3 rings (SSSR count). The van der Waals surface area contributed by atoms with E-state index in [1.54, 1.807) is 42.5 Å². The van der Waals surface area contributed by atoms with Crippen molar-refractivity contribution in [3.8, 4) is 11.8 Å². The van der Waals surface area contributed by atoms with Crippen LogP contribution in [0.15, 0.2) is 59.7 Å². The van der Waals surface area contributed by atoms with Crippen molar-refractivity contribution in [1.82, 2.24) is 15.4 Å². The molecular formula is C22H21N5O5. The van der Waals surface area contributed by atoms with Gasteiger partial charge in [-0.1, -0.05) is 12.1 Å². The molecule has 10 heteroatoms. The van der Waals surface area contributed by atoms with E-state index in [2.05, 4.69) is 20.5 Å². The summed E-state index contributed by atoms with van der Waals surface area (Å²) < 4.78 is 11.0. The summed E-state index contributed by atoms with van der Waals surface area (Å²) in [6, 6.07) is 15.2. The average molecular weight is 435 g/mol. The number of carbonyl (C=O) groups excluding carboxylic acids is 1. The molecule has 2 aromatic carbocycles. The van der Waals surface area contributed by atoms with Gasteiger partial charge in [-0.2, -0.15) is 5.10 Å². The van der Waals surface area contributed by atoms with Crippen LogP contribution in [0.1, 0.15) is 22.5 Å². The Hall–Kier alpha value is -4.34. The van der Waals surface area contributed by atoms with Crippen LogP contribution in [0, 0.1) is 24.0 Å². The van der Waals surface area contributed by atoms with Crippen LogP contribution in [0.4, 0.5) is 5.69 Å². The van der Waals surface area contributed by atoms with Crippen molar-refractivity contribution < 1.29 is 19.2 Å². The lowest BCUT2D eigenvalue weighted by atomic mass is 10.2. The van der Waals surface area contributed by atoms with Gasteiger partial charge in [-0.25, -0.2) is 15.4 Å². The molecule has 1 amide bonds. The van der Waals surface area contributed by atoms with Crippen LogP contribution in [0.5, 0.6) is 11.8 Å². The number of nitro benzene ring substituents is 1. The SMILES string of the molecule is Cc1cc(C)nc(OCC(=O)NN=Cc2cccc(OCc3ccc([N+](=O)[O-])cc3)c2)n1. The number of non-ortho nitro benzene ring substituents is 1. The molecule has 0 aliphatic carbocycles. The number of benzene rings is 2. The number of nitrogens with one attached hydrogen (secondary N) is 1. The van der Waals surface area contributed by atoms with Gasteiger partial charge >= 0.3 is 6.01 Å². The van der Waals surface area contributed by atoms with E-state index >= 15 is 0 Å². The Kier molecular flexibility index (Phi) is 7.42. The minimum Gasteiger partial charge on any atom is -0.489 e. The zero-order valence-corrected chi connectivity index (χ0v) is 17.5. The van der Waals surface area contributed by atoms with Crippen molar-refractivity contribution >= 4 is 17.8 Å². The number of amides is 1. The van der Waals surface area contributed by atoms with Crippen LogP contribution in [0.2, 0.25) is 0 Å². The van der Waals surface area contributed by atoms with Crippen LogP contribution in [0.3, 0.4) is 0 Å². The lowest BCUT2D eigenvalue weighted by Gasteiger charge is -2.07. The fourth-order valence-electron chi connectivity index (χ4n) is 2.66. The Balaban J connectivity index is 1.48. The molecular weight excluding hydrogens is 414 g/mol. The second-order valence-electron chi connectivity index (χ2n) is 6.80. The number of hydrogen-bond donors (Lipinski definition) is 1. The summed E-state index contributed by atoms with van der Waals surface area (Å²) in [5, 5.41) is 14.6. The van der Waals surface area contributed by atoms with Crippen molar-refractivity contribution in [3.05, 3.63) is 87.2 Å². The second-order valence-corrected chi connectivity index (χ2v) is 6.80. The molecule has 0 atom stereocenters. The fraction of sp³-hybridized carbons (Fsp3) is 0.182. The van der Waals surface area contributed by atoms with Gasteiger partial charge in [-0.15, -0.1) is 0 Å². The van der Waals surface area contributed by atoms with Gasteiger partial charge in [0.2, 0.25) is 0 Å². The Morgan fingerprint density at radius 3 is 2.50 bits per heavy atom. The maximum atomic E-state index is 11.9. The summed E-state index contributed by atoms with van der Waals surface area (Å²) >= 11 is 0. The number of carbonyl (C=O) groups is 1. The van der Waals surface area contributed by atoms with E-state index in [4.69, 9.17) is 9.47 Å². The van der Waals surface area contributed by atoms with Gasteiger partial charge in [0.1, 0.15) is 12.4 Å². The Morgan fingerprint density at radius 2 is 1.81 bits per heavy atom. The monoisotopic (exact) mass is 435 g/mol. The Morgan fingerprint density at radius 1 is 1.09 bits per heavy atom. The summed E-state index contributed by atoms with van der Waals surface area (Å²) in [4.78, 5) is 30.4. The largest absolute Gasteiger partial charge is 0.489 e. The zero-order valence-electron chi connectivity index (χ0n) is 17.5. The van der Waals surface area contributed by atoms with E-state index in [0.29, 0.717) is 11.3 Å². The number of nitro groups is 1. The predicted molar refractivity (Wildman–Crippen MR) is 117 cm³/mol. The van der Waals surface area contributed by atoms with Crippen molar-refractivity contribution in [3.63, 3.8) is 0 Å². The zero-order chi connectivity index (χ0) is 22.9. The Bertz CT molecular complexity index is 1110. The maximum absolute atomic E-state index is 11.9. The van der Waals surface area contributed by atoms with Gasteiger partial charge in [0.25, 0.3) is 11.6 Å². The molecule has 1 N–H and O–H groups in total. The van der Waals surface area contributed by atoms with E-state index in [-0.39, 0.29) is 24.9 Å². The molecule has 0 aliphatic rings. The summed E-state index contributed by atoms with van der Waals surface area (Å²) in [5.74, 6) is 0.142. The number of ether oxygens (including phenoxy) is 2. The number of nitrogens with zero attached hydrogens (tertiary/aromatic N) is 4. The van der Waals surface area contributed by atoms with E-state index in [1.807, 2.05) is 13.8 Å². The smallest absolute Gasteiger partial charge is 0.317 e. The number of rotatable bonds is 9. The van der Waals surface area contributed by atoms with Gasteiger partial charge in [-0.05, 0) is 55.3 Å². The summed E-state index contributed by atoms with van der Waals surface area (Å²) in [6.45, 7) is 3.62. The first-order chi connectivity index (χ1) is 15.4.